The highest BCUT2D eigenvalue weighted by molar-refractivity contribution is 9.09. The molecule has 2 aromatic rings. The molecule has 0 heterocycles. The summed E-state index contributed by atoms with van der Waals surface area (Å²) in [6.45, 7) is 8.28. The van der Waals surface area contributed by atoms with Crippen molar-refractivity contribution >= 4 is 27.8 Å². The number of hydrogen-bond donors (Lipinski definition) is 5. The molecule has 0 aromatic heterocycles. The maximum atomic E-state index is 11.2. The van der Waals surface area contributed by atoms with Gasteiger partial charge in [-0.15, -0.1) is 0 Å². The molecule has 1 amide bonds. The summed E-state index contributed by atoms with van der Waals surface area (Å²) < 4.78 is 4.34. The number of halogens is 1. The second kappa shape index (κ2) is 21.1. The van der Waals surface area contributed by atoms with Gasteiger partial charge in [0.2, 0.25) is 0 Å². The smallest absolute Gasteiger partial charge is 0.338 e. The first-order valence-corrected chi connectivity index (χ1v) is 14.6. The Morgan fingerprint density at radius 1 is 0.795 bits per heavy atom. The fourth-order valence-corrected chi connectivity index (χ4v) is 4.07. The van der Waals surface area contributed by atoms with Crippen LogP contribution >= 0.6 is 15.9 Å². The number of nitrogens with two attached hydrogens (primary N) is 1. The molecule has 0 unspecified atom stereocenters. The van der Waals surface area contributed by atoms with E-state index in [1.807, 2.05) is 32.9 Å². The van der Waals surface area contributed by atoms with E-state index in [-0.39, 0.29) is 11.5 Å². The number of nitrogens with one attached hydrogen (secondary N) is 1. The van der Waals surface area contributed by atoms with Crippen molar-refractivity contribution in [3.05, 3.63) is 52.1 Å². The molecule has 9 heteroatoms. The van der Waals surface area contributed by atoms with E-state index in [2.05, 4.69) is 33.0 Å². The number of nitrogen functional groups attached to an aromatic ring is 1. The Labute approximate surface area is 242 Å². The minimum absolute atomic E-state index is 0.0321. The van der Waals surface area contributed by atoms with Crippen molar-refractivity contribution in [2.75, 3.05) is 12.4 Å². The summed E-state index contributed by atoms with van der Waals surface area (Å²) in [6.07, 6.45) is 14.3. The maximum Gasteiger partial charge on any atom is 0.338 e. The van der Waals surface area contributed by atoms with Gasteiger partial charge in [-0.3, -0.25) is 10.2 Å². The van der Waals surface area contributed by atoms with Crippen LogP contribution < -0.4 is 11.3 Å². The highest BCUT2D eigenvalue weighted by Gasteiger charge is 2.13. The van der Waals surface area contributed by atoms with Gasteiger partial charge in [-0.05, 0) is 68.1 Å². The number of phenols is 3. The zero-order chi connectivity index (χ0) is 29.8. The molecule has 0 aliphatic heterocycles. The number of rotatable bonds is 12. The van der Waals surface area contributed by atoms with Gasteiger partial charge in [-0.1, -0.05) is 80.6 Å². The van der Waals surface area contributed by atoms with Crippen LogP contribution in [0.5, 0.6) is 17.2 Å². The summed E-state index contributed by atoms with van der Waals surface area (Å²) in [5, 5.41) is 28.1. The fraction of sp³-hybridized carbons (Fsp3) is 0.533. The summed E-state index contributed by atoms with van der Waals surface area (Å²) in [7, 11) is 1.17. The maximum absolute atomic E-state index is 11.2. The molecule has 0 fully saturated rings. The first-order valence-electron chi connectivity index (χ1n) is 13.5. The van der Waals surface area contributed by atoms with Crippen LogP contribution in [0.4, 0.5) is 0 Å². The van der Waals surface area contributed by atoms with Gasteiger partial charge in [0.25, 0.3) is 5.91 Å². The predicted molar refractivity (Wildman–Crippen MR) is 161 cm³/mol. The molecule has 0 saturated heterocycles. The van der Waals surface area contributed by atoms with Gasteiger partial charge in [0.15, 0.2) is 17.2 Å². The molecule has 220 valence electrons. The van der Waals surface area contributed by atoms with E-state index in [0.29, 0.717) is 5.56 Å². The third-order valence-corrected chi connectivity index (χ3v) is 6.86. The number of amides is 1. The second-order valence-corrected chi connectivity index (χ2v) is 10.2. The lowest BCUT2D eigenvalue weighted by Gasteiger charge is -2.07. The molecule has 0 saturated carbocycles. The molecule has 0 radical (unpaired) electrons. The Morgan fingerprint density at radius 2 is 1.23 bits per heavy atom. The summed E-state index contributed by atoms with van der Waals surface area (Å²) in [5.41, 5.74) is 6.13. The van der Waals surface area contributed by atoms with Crippen LogP contribution in [-0.4, -0.2) is 39.6 Å². The van der Waals surface area contributed by atoms with E-state index in [4.69, 9.17) is 21.2 Å². The van der Waals surface area contributed by atoms with Gasteiger partial charge in [-0.2, -0.15) is 0 Å². The summed E-state index contributed by atoms with van der Waals surface area (Å²) in [4.78, 5) is 22.1. The number of hydrazine groups is 1. The third kappa shape index (κ3) is 14.8. The first kappa shape index (κ1) is 36.2. The van der Waals surface area contributed by atoms with Crippen LogP contribution in [0.2, 0.25) is 0 Å². The molecule has 0 aliphatic rings. The van der Waals surface area contributed by atoms with Crippen LogP contribution in [-0.2, 0) is 4.74 Å². The SMILES string of the molecule is CCCCCCCCCCCCBr.COC(=O)c1cc(O)c(O)c(O)c1.Cc1cc(C(=O)NN)cc(C)c1C. The lowest BCUT2D eigenvalue weighted by atomic mass is 10.0. The summed E-state index contributed by atoms with van der Waals surface area (Å²) >= 11 is 3.46. The molecule has 0 bridgehead atoms. The fourth-order valence-electron chi connectivity index (χ4n) is 3.67. The van der Waals surface area contributed by atoms with Crippen LogP contribution in [0.1, 0.15) is 109 Å². The number of esters is 1. The number of aryl methyl sites for hydroxylation is 2. The molecule has 39 heavy (non-hydrogen) atoms. The normalized spacial score (nSPS) is 10.0. The summed E-state index contributed by atoms with van der Waals surface area (Å²) in [5.74, 6) is 2.30. The van der Waals surface area contributed by atoms with Crippen molar-refractivity contribution in [3.8, 4) is 17.2 Å². The minimum Gasteiger partial charge on any atom is -0.504 e. The topological polar surface area (TPSA) is 142 Å². The molecule has 2 rings (SSSR count). The van der Waals surface area contributed by atoms with Crippen molar-refractivity contribution in [3.63, 3.8) is 0 Å². The average molecular weight is 612 g/mol. The lowest BCUT2D eigenvalue weighted by Crippen LogP contribution is -2.30. The zero-order valence-electron chi connectivity index (χ0n) is 24.1. The Bertz CT molecular complexity index is 887. The number of hydrogen-bond acceptors (Lipinski definition) is 7. The molecular formula is C30H47BrN2O6. The predicted octanol–water partition coefficient (Wildman–Crippen LogP) is 7.11. The van der Waals surface area contributed by atoms with E-state index < -0.39 is 23.2 Å². The third-order valence-electron chi connectivity index (χ3n) is 6.30. The number of carbonyl (C=O) groups excluding carboxylic acids is 2. The molecule has 0 atom stereocenters. The molecule has 2 aromatic carbocycles. The van der Waals surface area contributed by atoms with Gasteiger partial charge in [0.1, 0.15) is 0 Å². The highest BCUT2D eigenvalue weighted by atomic mass is 79.9. The number of carbonyl (C=O) groups is 2. The van der Waals surface area contributed by atoms with Gasteiger partial charge < -0.3 is 20.1 Å². The van der Waals surface area contributed by atoms with Crippen molar-refractivity contribution in [1.82, 2.24) is 5.43 Å². The number of aromatic hydroxyl groups is 3. The van der Waals surface area contributed by atoms with Crippen molar-refractivity contribution < 1.29 is 29.6 Å². The van der Waals surface area contributed by atoms with Crippen molar-refractivity contribution in [2.45, 2.75) is 91.9 Å². The number of alkyl halides is 1. The Balaban J connectivity index is 0.000000555. The van der Waals surface area contributed by atoms with Crippen LogP contribution in [0.15, 0.2) is 24.3 Å². The lowest BCUT2D eigenvalue weighted by molar-refractivity contribution is 0.0599. The van der Waals surface area contributed by atoms with Gasteiger partial charge in [0.05, 0.1) is 12.7 Å². The number of methoxy groups -OCH3 is 1. The van der Waals surface area contributed by atoms with Gasteiger partial charge >= 0.3 is 5.97 Å². The van der Waals surface area contributed by atoms with Crippen molar-refractivity contribution in [2.24, 2.45) is 5.84 Å². The Kier molecular flexibility index (Phi) is 19.6. The Hall–Kier alpha value is -2.78. The number of unbranched alkanes of at least 4 members (excludes halogenated alkanes) is 9. The number of ether oxygens (including phenoxy) is 1. The molecule has 0 aliphatic carbocycles. The van der Waals surface area contributed by atoms with Gasteiger partial charge in [-0.25, -0.2) is 10.6 Å². The van der Waals surface area contributed by atoms with Crippen molar-refractivity contribution in [1.29, 1.82) is 0 Å². The quantitative estimate of drug-likeness (QED) is 0.0328. The van der Waals surface area contributed by atoms with Crippen LogP contribution in [0, 0.1) is 20.8 Å². The van der Waals surface area contributed by atoms with Gasteiger partial charge in [0, 0.05) is 10.9 Å². The molecule has 0 spiro atoms. The van der Waals surface area contributed by atoms with E-state index in [1.165, 1.54) is 82.2 Å². The van der Waals surface area contributed by atoms with E-state index in [9.17, 15) is 9.59 Å². The number of phenolic OH excluding ortho intramolecular Hbond substituents is 3. The van der Waals surface area contributed by atoms with E-state index in [0.717, 1.165) is 23.3 Å². The minimum atomic E-state index is -0.703. The second-order valence-electron chi connectivity index (χ2n) is 9.43. The first-order chi connectivity index (χ1) is 18.5. The average Bonchev–Trinajstić information content (AvgIpc) is 2.93. The molecular weight excluding hydrogens is 564 g/mol. The Morgan fingerprint density at radius 3 is 1.62 bits per heavy atom. The van der Waals surface area contributed by atoms with E-state index >= 15 is 0 Å². The largest absolute Gasteiger partial charge is 0.504 e. The van der Waals surface area contributed by atoms with Crippen LogP contribution in [0.25, 0.3) is 0 Å². The molecule has 6 N–H and O–H groups in total. The highest BCUT2D eigenvalue weighted by Crippen LogP contribution is 2.35. The van der Waals surface area contributed by atoms with Crippen LogP contribution in [0.3, 0.4) is 0 Å². The standard InChI is InChI=1S/C12H25Br.C10H14N2O.C8H8O5/c1-2-3-4-5-6-7-8-9-10-11-12-13;1-6-4-9(10(13)12-11)5-7(2)8(6)3;1-13-8(12)4-2-5(9)7(11)6(10)3-4/h2-12H2,1H3;4-5H,11H2,1-3H3,(H,12,13);2-3,9-11H,1H3. The summed E-state index contributed by atoms with van der Waals surface area (Å²) in [6, 6.07) is 5.68. The monoisotopic (exact) mass is 610 g/mol. The van der Waals surface area contributed by atoms with E-state index in [1.54, 1.807) is 0 Å². The zero-order valence-corrected chi connectivity index (χ0v) is 25.7. The number of benzene rings is 2. The molecule has 8 nitrogen and oxygen atoms in total.